The van der Waals surface area contributed by atoms with Gasteiger partial charge in [-0.15, -0.1) is 0 Å². The minimum atomic E-state index is -0.172. The van der Waals surface area contributed by atoms with Crippen LogP contribution in [-0.2, 0) is 14.3 Å². The second-order valence-electron chi connectivity index (χ2n) is 8.21. The van der Waals surface area contributed by atoms with Gasteiger partial charge in [-0.05, 0) is 43.4 Å². The van der Waals surface area contributed by atoms with Crippen LogP contribution in [0.4, 0.5) is 0 Å². The highest BCUT2D eigenvalue weighted by atomic mass is 16.6. The van der Waals surface area contributed by atoms with E-state index in [2.05, 4.69) is 27.7 Å². The number of epoxide rings is 1. The van der Waals surface area contributed by atoms with E-state index in [0.717, 1.165) is 31.6 Å². The number of rotatable bonds is 5. The highest BCUT2D eigenvalue weighted by molar-refractivity contribution is 5.66. The molecule has 21 heavy (non-hydrogen) atoms. The zero-order valence-electron chi connectivity index (χ0n) is 14.2. The summed E-state index contributed by atoms with van der Waals surface area (Å²) in [5.74, 6) is 0.589. The summed E-state index contributed by atoms with van der Waals surface area (Å²) in [5, 5.41) is 0. The van der Waals surface area contributed by atoms with Gasteiger partial charge in [-0.3, -0.25) is 4.79 Å². The first-order chi connectivity index (χ1) is 9.78. The molecule has 0 amide bonds. The Morgan fingerprint density at radius 1 is 1.38 bits per heavy atom. The fourth-order valence-electron chi connectivity index (χ4n) is 5.37. The van der Waals surface area contributed by atoms with Gasteiger partial charge < -0.3 is 9.47 Å². The van der Waals surface area contributed by atoms with Crippen molar-refractivity contribution in [3.05, 3.63) is 0 Å². The molecule has 3 nitrogen and oxygen atoms in total. The number of hydrogen-bond acceptors (Lipinski definition) is 3. The van der Waals surface area contributed by atoms with Gasteiger partial charge >= 0.3 is 5.97 Å². The van der Waals surface area contributed by atoms with Crippen molar-refractivity contribution >= 4 is 5.97 Å². The molecule has 0 aromatic heterocycles. The van der Waals surface area contributed by atoms with Crippen LogP contribution in [0.5, 0.6) is 0 Å². The summed E-state index contributed by atoms with van der Waals surface area (Å²) < 4.78 is 11.9. The first-order valence-corrected chi connectivity index (χ1v) is 8.63. The second-order valence-corrected chi connectivity index (χ2v) is 8.21. The fourth-order valence-corrected chi connectivity index (χ4v) is 5.37. The van der Waals surface area contributed by atoms with Crippen LogP contribution in [0.15, 0.2) is 0 Å². The monoisotopic (exact) mass is 294 g/mol. The maximum Gasteiger partial charge on any atom is 0.302 e. The predicted octanol–water partition coefficient (Wildman–Crippen LogP) is 4.09. The van der Waals surface area contributed by atoms with Gasteiger partial charge in [0.05, 0.1) is 0 Å². The van der Waals surface area contributed by atoms with Crippen molar-refractivity contribution in [3.63, 3.8) is 0 Å². The van der Waals surface area contributed by atoms with E-state index in [1.165, 1.54) is 19.8 Å². The van der Waals surface area contributed by atoms with Crippen LogP contribution in [0, 0.1) is 16.7 Å². The smallest absolute Gasteiger partial charge is 0.302 e. The molecule has 3 fully saturated rings. The van der Waals surface area contributed by atoms with Crippen LogP contribution in [-0.4, -0.2) is 23.8 Å². The Morgan fingerprint density at radius 3 is 2.57 bits per heavy atom. The third-order valence-electron chi connectivity index (χ3n) is 7.16. The van der Waals surface area contributed by atoms with E-state index in [1.54, 1.807) is 0 Å². The molecule has 0 aromatic rings. The molecule has 0 unspecified atom stereocenters. The fraction of sp³-hybridized carbons (Fsp3) is 0.944. The predicted molar refractivity (Wildman–Crippen MR) is 81.9 cm³/mol. The van der Waals surface area contributed by atoms with Crippen LogP contribution in [0.25, 0.3) is 0 Å². The average Bonchev–Trinajstić information content (AvgIpc) is 3.03. The molecule has 2 saturated carbocycles. The number of carbonyl (C=O) groups is 1. The molecule has 3 heteroatoms. The SMILES string of the molecule is CCCC[C@@H](OC(C)=O)[C@@H]1O[C@]12C[C@H]1CC[C@]2(C)C1(C)C. The Labute approximate surface area is 128 Å². The van der Waals surface area contributed by atoms with E-state index in [-0.39, 0.29) is 29.2 Å². The van der Waals surface area contributed by atoms with E-state index in [0.29, 0.717) is 5.41 Å². The Morgan fingerprint density at radius 2 is 2.10 bits per heavy atom. The third kappa shape index (κ3) is 1.92. The zero-order chi connectivity index (χ0) is 15.5. The molecule has 0 radical (unpaired) electrons. The molecule has 2 aliphatic carbocycles. The molecule has 5 atom stereocenters. The Kier molecular flexibility index (Phi) is 3.44. The molecule has 1 saturated heterocycles. The zero-order valence-corrected chi connectivity index (χ0v) is 14.2. The standard InChI is InChI=1S/C18H30O3/c1-6-7-8-14(20-12(2)19)15-18(21-15)11-13-9-10-17(18,5)16(13,3)4/h13-15H,6-11H2,1-5H3/t13-,14-,15+,17-,18-/m1/s1. The summed E-state index contributed by atoms with van der Waals surface area (Å²) in [6.07, 6.45) is 6.97. The van der Waals surface area contributed by atoms with E-state index in [9.17, 15) is 4.79 Å². The summed E-state index contributed by atoms with van der Waals surface area (Å²) in [4.78, 5) is 11.4. The number of ether oxygens (including phenoxy) is 2. The van der Waals surface area contributed by atoms with Crippen molar-refractivity contribution in [2.24, 2.45) is 16.7 Å². The van der Waals surface area contributed by atoms with Gasteiger partial charge in [0.15, 0.2) is 0 Å². The first kappa shape index (κ1) is 15.3. The van der Waals surface area contributed by atoms with Gasteiger partial charge in [-0.1, -0.05) is 34.1 Å². The van der Waals surface area contributed by atoms with Crippen LogP contribution >= 0.6 is 0 Å². The van der Waals surface area contributed by atoms with Gasteiger partial charge in [0.25, 0.3) is 0 Å². The van der Waals surface area contributed by atoms with E-state index < -0.39 is 0 Å². The lowest BCUT2D eigenvalue weighted by Crippen LogP contribution is -2.42. The Balaban J connectivity index is 1.79. The van der Waals surface area contributed by atoms with Crippen molar-refractivity contribution in [1.82, 2.24) is 0 Å². The molecule has 0 aromatic carbocycles. The molecule has 1 heterocycles. The van der Waals surface area contributed by atoms with Gasteiger partial charge in [0.2, 0.25) is 0 Å². The largest absolute Gasteiger partial charge is 0.460 e. The lowest BCUT2D eigenvalue weighted by atomic mass is 9.65. The highest BCUT2D eigenvalue weighted by Gasteiger charge is 2.80. The van der Waals surface area contributed by atoms with Gasteiger partial charge in [0.1, 0.15) is 17.8 Å². The lowest BCUT2D eigenvalue weighted by Gasteiger charge is -2.38. The third-order valence-corrected chi connectivity index (χ3v) is 7.16. The van der Waals surface area contributed by atoms with Crippen molar-refractivity contribution < 1.29 is 14.3 Å². The van der Waals surface area contributed by atoms with E-state index in [4.69, 9.17) is 9.47 Å². The summed E-state index contributed by atoms with van der Waals surface area (Å²) >= 11 is 0. The van der Waals surface area contributed by atoms with Crippen LogP contribution in [0.3, 0.4) is 0 Å². The minimum Gasteiger partial charge on any atom is -0.460 e. The van der Waals surface area contributed by atoms with E-state index in [1.807, 2.05) is 0 Å². The normalized spacial score (nSPS) is 44.0. The summed E-state index contributed by atoms with van der Waals surface area (Å²) in [5.41, 5.74) is 0.556. The summed E-state index contributed by atoms with van der Waals surface area (Å²) in [7, 11) is 0. The molecule has 2 bridgehead atoms. The Bertz CT molecular complexity index is 444. The average molecular weight is 294 g/mol. The van der Waals surface area contributed by atoms with Gasteiger partial charge in [-0.2, -0.15) is 0 Å². The molecule has 0 N–H and O–H groups in total. The summed E-state index contributed by atoms with van der Waals surface area (Å²) in [6, 6.07) is 0. The quantitative estimate of drug-likeness (QED) is 0.566. The second kappa shape index (κ2) is 4.71. The molecule has 1 aliphatic heterocycles. The van der Waals surface area contributed by atoms with Crippen LogP contribution in [0.2, 0.25) is 0 Å². The Hall–Kier alpha value is -0.570. The molecular formula is C18H30O3. The minimum absolute atomic E-state index is 0.0206. The maximum absolute atomic E-state index is 11.4. The van der Waals surface area contributed by atoms with Crippen molar-refractivity contribution in [2.45, 2.75) is 91.0 Å². The molecule has 1 spiro atoms. The van der Waals surface area contributed by atoms with Crippen molar-refractivity contribution in [3.8, 4) is 0 Å². The van der Waals surface area contributed by atoms with Crippen molar-refractivity contribution in [1.29, 1.82) is 0 Å². The maximum atomic E-state index is 11.4. The molecule has 120 valence electrons. The molecular weight excluding hydrogens is 264 g/mol. The van der Waals surface area contributed by atoms with E-state index >= 15 is 0 Å². The molecule has 3 rings (SSSR count). The van der Waals surface area contributed by atoms with Crippen LogP contribution < -0.4 is 0 Å². The number of esters is 1. The van der Waals surface area contributed by atoms with Crippen molar-refractivity contribution in [2.75, 3.05) is 0 Å². The molecule has 3 aliphatic rings. The topological polar surface area (TPSA) is 38.8 Å². The van der Waals surface area contributed by atoms with Crippen LogP contribution in [0.1, 0.15) is 73.1 Å². The van der Waals surface area contributed by atoms with Gasteiger partial charge in [0, 0.05) is 12.3 Å². The highest BCUT2D eigenvalue weighted by Crippen LogP contribution is 2.77. The number of carbonyl (C=O) groups excluding carboxylic acids is 1. The van der Waals surface area contributed by atoms with Gasteiger partial charge in [-0.25, -0.2) is 0 Å². The number of hydrogen-bond donors (Lipinski definition) is 0. The number of unbranched alkanes of at least 4 members (excludes halogenated alkanes) is 1. The number of fused-ring (bicyclic) bond motifs is 3. The first-order valence-electron chi connectivity index (χ1n) is 8.63. The lowest BCUT2D eigenvalue weighted by molar-refractivity contribution is -0.147. The summed E-state index contributed by atoms with van der Waals surface area (Å²) in [6.45, 7) is 10.9.